The van der Waals surface area contributed by atoms with E-state index in [1.807, 2.05) is 6.20 Å². The molecule has 0 unspecified atom stereocenters. The Balaban J connectivity index is 1.65. The highest BCUT2D eigenvalue weighted by Crippen LogP contribution is 2.29. The molecule has 0 radical (unpaired) electrons. The van der Waals surface area contributed by atoms with Crippen LogP contribution in [0.5, 0.6) is 5.75 Å². The standard InChI is InChI=1S/C21H27F3N4O/c1-4-5-17(10-14(2)3)28-12-15-11-25-20(27-19(15)13-28)26-16-6-8-18(9-7-16)29-21(22,23)24/h6-9,11,14,17H,4-5,10,12-13H2,1-3H3,(H,25,26,27)/t17-/m1/s1. The molecule has 3 rings (SSSR count). The summed E-state index contributed by atoms with van der Waals surface area (Å²) in [5, 5.41) is 3.05. The molecule has 0 aliphatic carbocycles. The predicted octanol–water partition coefficient (Wildman–Crippen LogP) is 5.65. The lowest BCUT2D eigenvalue weighted by molar-refractivity contribution is -0.274. The first-order chi connectivity index (χ1) is 13.7. The maximum absolute atomic E-state index is 12.3. The van der Waals surface area contributed by atoms with Gasteiger partial charge in [-0.1, -0.05) is 27.2 Å². The molecule has 2 aromatic rings. The SMILES string of the molecule is CCC[C@H](CC(C)C)N1Cc2cnc(Nc3ccc(OC(F)(F)F)cc3)nc2C1. The highest BCUT2D eigenvalue weighted by molar-refractivity contribution is 5.54. The lowest BCUT2D eigenvalue weighted by atomic mass is 9.99. The summed E-state index contributed by atoms with van der Waals surface area (Å²) in [5.74, 6) is 0.814. The molecule has 0 saturated heterocycles. The Kier molecular flexibility index (Phi) is 6.62. The molecular formula is C21H27F3N4O. The summed E-state index contributed by atoms with van der Waals surface area (Å²) in [6.45, 7) is 8.36. The van der Waals surface area contributed by atoms with Gasteiger partial charge in [0.25, 0.3) is 0 Å². The van der Waals surface area contributed by atoms with Crippen molar-refractivity contribution in [3.05, 3.63) is 41.7 Å². The van der Waals surface area contributed by atoms with E-state index in [0.717, 1.165) is 43.6 Å². The van der Waals surface area contributed by atoms with E-state index in [1.165, 1.54) is 24.3 Å². The monoisotopic (exact) mass is 408 g/mol. The van der Waals surface area contributed by atoms with E-state index in [-0.39, 0.29) is 5.75 Å². The normalized spacial score (nSPS) is 15.4. The quantitative estimate of drug-likeness (QED) is 0.612. The summed E-state index contributed by atoms with van der Waals surface area (Å²) in [5.41, 5.74) is 2.73. The molecule has 0 amide bonds. The third-order valence-electron chi connectivity index (χ3n) is 4.91. The number of anilines is 2. The molecule has 5 nitrogen and oxygen atoms in total. The minimum atomic E-state index is -4.70. The van der Waals surface area contributed by atoms with Crippen LogP contribution in [0.25, 0.3) is 0 Å². The lowest BCUT2D eigenvalue weighted by Gasteiger charge is -2.28. The van der Waals surface area contributed by atoms with Crippen molar-refractivity contribution in [1.82, 2.24) is 14.9 Å². The number of ether oxygens (including phenoxy) is 1. The maximum atomic E-state index is 12.3. The molecule has 1 aliphatic heterocycles. The fourth-order valence-corrected chi connectivity index (χ4v) is 3.69. The summed E-state index contributed by atoms with van der Waals surface area (Å²) >= 11 is 0. The predicted molar refractivity (Wildman–Crippen MR) is 106 cm³/mol. The molecule has 0 bridgehead atoms. The number of halogens is 3. The largest absolute Gasteiger partial charge is 0.573 e. The number of hydrogen-bond acceptors (Lipinski definition) is 5. The number of hydrogen-bond donors (Lipinski definition) is 1. The second-order valence-electron chi connectivity index (χ2n) is 7.84. The Morgan fingerprint density at radius 3 is 2.52 bits per heavy atom. The zero-order chi connectivity index (χ0) is 21.0. The molecule has 29 heavy (non-hydrogen) atoms. The zero-order valence-electron chi connectivity index (χ0n) is 17.0. The van der Waals surface area contributed by atoms with E-state index in [0.29, 0.717) is 23.6 Å². The Morgan fingerprint density at radius 2 is 1.90 bits per heavy atom. The molecular weight excluding hydrogens is 381 g/mol. The average molecular weight is 408 g/mol. The summed E-state index contributed by atoms with van der Waals surface area (Å²) in [6, 6.07) is 6.05. The van der Waals surface area contributed by atoms with Crippen LogP contribution in [0.1, 0.15) is 51.3 Å². The van der Waals surface area contributed by atoms with Crippen molar-refractivity contribution in [1.29, 1.82) is 0 Å². The number of alkyl halides is 3. The first kappa shape index (κ1) is 21.4. The number of aromatic nitrogens is 2. The van der Waals surface area contributed by atoms with Gasteiger partial charge in [-0.2, -0.15) is 0 Å². The van der Waals surface area contributed by atoms with E-state index < -0.39 is 6.36 Å². The zero-order valence-corrected chi connectivity index (χ0v) is 17.0. The molecule has 1 aliphatic rings. The van der Waals surface area contributed by atoms with Crippen LogP contribution in [0.2, 0.25) is 0 Å². The van der Waals surface area contributed by atoms with Gasteiger partial charge in [-0.3, -0.25) is 4.90 Å². The van der Waals surface area contributed by atoms with Crippen molar-refractivity contribution in [3.8, 4) is 5.75 Å². The van der Waals surface area contributed by atoms with Crippen molar-refractivity contribution in [2.24, 2.45) is 5.92 Å². The Hall–Kier alpha value is -2.35. The van der Waals surface area contributed by atoms with Crippen LogP contribution in [0.15, 0.2) is 30.5 Å². The minimum absolute atomic E-state index is 0.263. The van der Waals surface area contributed by atoms with Crippen LogP contribution in [0, 0.1) is 5.92 Å². The second-order valence-corrected chi connectivity index (χ2v) is 7.84. The molecule has 2 heterocycles. The molecule has 0 fully saturated rings. The Morgan fingerprint density at radius 1 is 1.17 bits per heavy atom. The van der Waals surface area contributed by atoms with Crippen LogP contribution in [-0.4, -0.2) is 27.3 Å². The van der Waals surface area contributed by atoms with E-state index in [2.05, 4.69) is 45.7 Å². The average Bonchev–Trinajstić information content (AvgIpc) is 3.05. The summed E-state index contributed by atoms with van der Waals surface area (Å²) in [4.78, 5) is 11.5. The molecule has 1 atom stereocenters. The highest BCUT2D eigenvalue weighted by atomic mass is 19.4. The third kappa shape index (κ3) is 6.06. The smallest absolute Gasteiger partial charge is 0.406 e. The van der Waals surface area contributed by atoms with Gasteiger partial charge in [0.15, 0.2) is 0 Å². The molecule has 158 valence electrons. The lowest BCUT2D eigenvalue weighted by Crippen LogP contribution is -2.31. The topological polar surface area (TPSA) is 50.3 Å². The van der Waals surface area contributed by atoms with Crippen molar-refractivity contribution in [3.63, 3.8) is 0 Å². The van der Waals surface area contributed by atoms with Gasteiger partial charge in [0, 0.05) is 36.6 Å². The van der Waals surface area contributed by atoms with E-state index in [4.69, 9.17) is 0 Å². The minimum Gasteiger partial charge on any atom is -0.406 e. The summed E-state index contributed by atoms with van der Waals surface area (Å²) in [7, 11) is 0. The second kappa shape index (κ2) is 8.98. The number of fused-ring (bicyclic) bond motifs is 1. The van der Waals surface area contributed by atoms with E-state index >= 15 is 0 Å². The molecule has 0 saturated carbocycles. The summed E-state index contributed by atoms with van der Waals surface area (Å²) < 4.78 is 40.7. The van der Waals surface area contributed by atoms with E-state index in [9.17, 15) is 13.2 Å². The number of nitrogens with one attached hydrogen (secondary N) is 1. The van der Waals surface area contributed by atoms with Crippen molar-refractivity contribution in [2.45, 2.75) is 65.5 Å². The van der Waals surface area contributed by atoms with Crippen molar-refractivity contribution >= 4 is 11.6 Å². The van der Waals surface area contributed by atoms with E-state index in [1.54, 1.807) is 0 Å². The molecule has 1 aromatic carbocycles. The van der Waals surface area contributed by atoms with Crippen LogP contribution in [-0.2, 0) is 13.1 Å². The van der Waals surface area contributed by atoms with Crippen molar-refractivity contribution < 1.29 is 17.9 Å². The highest BCUT2D eigenvalue weighted by Gasteiger charge is 2.31. The number of rotatable bonds is 8. The van der Waals surface area contributed by atoms with Crippen LogP contribution in [0.3, 0.4) is 0 Å². The maximum Gasteiger partial charge on any atom is 0.573 e. The van der Waals surface area contributed by atoms with Gasteiger partial charge >= 0.3 is 6.36 Å². The van der Waals surface area contributed by atoms with Gasteiger partial charge in [-0.25, -0.2) is 9.97 Å². The van der Waals surface area contributed by atoms with Crippen LogP contribution >= 0.6 is 0 Å². The molecule has 8 heteroatoms. The molecule has 1 N–H and O–H groups in total. The molecule has 1 aromatic heterocycles. The fourth-order valence-electron chi connectivity index (χ4n) is 3.69. The van der Waals surface area contributed by atoms with Gasteiger partial charge < -0.3 is 10.1 Å². The van der Waals surface area contributed by atoms with Gasteiger partial charge in [0.05, 0.1) is 5.69 Å². The van der Waals surface area contributed by atoms with Crippen molar-refractivity contribution in [2.75, 3.05) is 5.32 Å². The number of nitrogens with zero attached hydrogens (tertiary/aromatic N) is 3. The van der Waals surface area contributed by atoms with Gasteiger partial charge in [-0.05, 0) is 43.0 Å². The number of benzene rings is 1. The fraction of sp³-hybridized carbons (Fsp3) is 0.524. The Bertz CT molecular complexity index is 809. The first-order valence-corrected chi connectivity index (χ1v) is 9.95. The van der Waals surface area contributed by atoms with Gasteiger partial charge in [-0.15, -0.1) is 13.2 Å². The third-order valence-corrected chi connectivity index (χ3v) is 4.91. The Labute approximate surface area is 169 Å². The van der Waals surface area contributed by atoms with Crippen LogP contribution in [0.4, 0.5) is 24.8 Å². The van der Waals surface area contributed by atoms with Crippen LogP contribution < -0.4 is 10.1 Å². The van der Waals surface area contributed by atoms with Gasteiger partial charge in [0.2, 0.25) is 5.95 Å². The van der Waals surface area contributed by atoms with Gasteiger partial charge in [0.1, 0.15) is 5.75 Å². The molecule has 0 spiro atoms. The first-order valence-electron chi connectivity index (χ1n) is 9.95. The summed E-state index contributed by atoms with van der Waals surface area (Å²) in [6.07, 6.45) is 0.611.